The molecule has 0 bridgehead atoms. The summed E-state index contributed by atoms with van der Waals surface area (Å²) >= 11 is 0. The molecule has 0 aliphatic carbocycles. The lowest BCUT2D eigenvalue weighted by atomic mass is 10.1. The van der Waals surface area contributed by atoms with Gasteiger partial charge in [0.25, 0.3) is 0 Å². The highest BCUT2D eigenvalue weighted by atomic mass is 16.4. The first-order chi connectivity index (χ1) is 16.6. The molecule has 0 saturated heterocycles. The fraction of sp³-hybridized carbons (Fsp3) is 0. The molecule has 0 radical (unpaired) electrons. The minimum atomic E-state index is -1.25. The highest BCUT2D eigenvalue weighted by Crippen LogP contribution is 2.17. The first-order valence-electron chi connectivity index (χ1n) is 8.68. The molecular weight excluding hydrogens is 420 g/mol. The van der Waals surface area contributed by atoms with E-state index < -0.39 is 5.97 Å². The van der Waals surface area contributed by atoms with Gasteiger partial charge in [0.1, 0.15) is 11.3 Å². The van der Waals surface area contributed by atoms with Gasteiger partial charge >= 0.3 is 5.97 Å². The predicted molar refractivity (Wildman–Crippen MR) is 129 cm³/mol. The van der Waals surface area contributed by atoms with Gasteiger partial charge in [-0.1, -0.05) is 5.92 Å². The van der Waals surface area contributed by atoms with Crippen LogP contribution in [-0.4, -0.2) is 16.2 Å². The molecule has 0 saturated carbocycles. The first-order valence-corrected chi connectivity index (χ1v) is 8.68. The lowest BCUT2D eigenvalue weighted by molar-refractivity contribution is 0.0693. The molecule has 1 aromatic rings. The van der Waals surface area contributed by atoms with Gasteiger partial charge in [0.2, 0.25) is 0 Å². The molecule has 1 aromatic carbocycles. The molecule has 0 fully saturated rings. The van der Waals surface area contributed by atoms with E-state index in [2.05, 4.69) is 136 Å². The molecule has 0 spiro atoms. The van der Waals surface area contributed by atoms with E-state index in [-0.39, 0.29) is 11.3 Å². The molecule has 0 unspecified atom stereocenters. The van der Waals surface area contributed by atoms with Crippen LogP contribution in [0.2, 0.25) is 0 Å². The summed E-state index contributed by atoms with van der Waals surface area (Å²) < 4.78 is 0. The number of carboxylic acid groups (broad SMARTS) is 1. The van der Waals surface area contributed by atoms with Crippen LogP contribution in [0.5, 0.6) is 5.75 Å². The number of rotatable bonds is 1. The van der Waals surface area contributed by atoms with Crippen molar-refractivity contribution in [2.45, 2.75) is 0 Å². The molecule has 148 valence electrons. The Bertz CT molecular complexity index is 1750. The smallest absolute Gasteiger partial charge is 0.339 e. The largest absolute Gasteiger partial charge is 0.507 e. The van der Waals surface area contributed by atoms with Gasteiger partial charge in [-0.15, -0.1) is 6.42 Å². The zero-order chi connectivity index (χ0) is 24.7. The highest BCUT2D eigenvalue weighted by molar-refractivity contribution is 5.91. The van der Waals surface area contributed by atoms with E-state index in [0.717, 1.165) is 0 Å². The number of terminal acetylenes is 1. The van der Waals surface area contributed by atoms with Crippen molar-refractivity contribution in [3.8, 4) is 148 Å². The Morgan fingerprint density at radius 1 is 0.588 bits per heavy atom. The summed E-state index contributed by atoms with van der Waals surface area (Å²) in [4.78, 5) is 10.9. The molecule has 2 N–H and O–H groups in total. The minimum absolute atomic E-state index is 0.238. The van der Waals surface area contributed by atoms with Crippen LogP contribution < -0.4 is 0 Å². The summed E-state index contributed by atoms with van der Waals surface area (Å²) in [6.45, 7) is 0. The predicted octanol–water partition coefficient (Wildman–Crippen LogP) is 1.11. The Labute approximate surface area is 198 Å². The van der Waals surface area contributed by atoms with Crippen LogP contribution in [0.25, 0.3) is 0 Å². The number of carbonyl (C=O) groups is 1. The lowest BCUT2D eigenvalue weighted by Crippen LogP contribution is -1.97. The Morgan fingerprint density at radius 2 is 0.941 bits per heavy atom. The number of hydrogen-bond donors (Lipinski definition) is 2. The molecule has 34 heavy (non-hydrogen) atoms. The minimum Gasteiger partial charge on any atom is -0.507 e. The fourth-order valence-corrected chi connectivity index (χ4v) is 1.52. The van der Waals surface area contributed by atoms with Crippen molar-refractivity contribution in [1.82, 2.24) is 0 Å². The van der Waals surface area contributed by atoms with Gasteiger partial charge < -0.3 is 10.2 Å². The third kappa shape index (κ3) is 12.6. The van der Waals surface area contributed by atoms with Crippen molar-refractivity contribution in [2.75, 3.05) is 0 Å². The Morgan fingerprint density at radius 3 is 1.29 bits per heavy atom. The molecule has 0 amide bonds. The molecule has 1 rings (SSSR count). The van der Waals surface area contributed by atoms with Crippen LogP contribution in [0.15, 0.2) is 18.2 Å². The highest BCUT2D eigenvalue weighted by Gasteiger charge is 2.08. The zero-order valence-electron chi connectivity index (χ0n) is 17.1. The van der Waals surface area contributed by atoms with Gasteiger partial charge in [-0.05, 0) is 113 Å². The van der Waals surface area contributed by atoms with Gasteiger partial charge in [0.05, 0.1) is 0 Å². The molecule has 0 aliphatic heterocycles. The van der Waals surface area contributed by atoms with Crippen molar-refractivity contribution in [1.29, 1.82) is 0 Å². The van der Waals surface area contributed by atoms with E-state index >= 15 is 0 Å². The maximum Gasteiger partial charge on any atom is 0.339 e. The number of hydrogen-bond acceptors (Lipinski definition) is 2. The summed E-state index contributed by atoms with van der Waals surface area (Å²) in [6.07, 6.45) is 4.92. The van der Waals surface area contributed by atoms with Crippen LogP contribution in [0.1, 0.15) is 15.9 Å². The molecule has 0 atom stereocenters. The van der Waals surface area contributed by atoms with Crippen LogP contribution in [-0.2, 0) is 0 Å². The van der Waals surface area contributed by atoms with Gasteiger partial charge in [-0.25, -0.2) is 4.79 Å². The molecule has 3 nitrogen and oxygen atoms in total. The van der Waals surface area contributed by atoms with Gasteiger partial charge in [-0.2, -0.15) is 0 Å². The van der Waals surface area contributed by atoms with Crippen molar-refractivity contribution in [3.05, 3.63) is 29.3 Å². The van der Waals surface area contributed by atoms with Crippen LogP contribution in [0.4, 0.5) is 0 Å². The van der Waals surface area contributed by atoms with E-state index in [1.165, 1.54) is 18.2 Å². The molecule has 0 aromatic heterocycles. The topological polar surface area (TPSA) is 57.5 Å². The summed E-state index contributed by atoms with van der Waals surface area (Å²) in [5.41, 5.74) is 0.157. The maximum absolute atomic E-state index is 10.9. The van der Waals surface area contributed by atoms with Crippen molar-refractivity contribution in [2.24, 2.45) is 0 Å². The van der Waals surface area contributed by atoms with Crippen molar-refractivity contribution >= 4 is 5.97 Å². The SMILES string of the molecule is C#CC#CC#CC#CC#CC#CC#CC#CC#CC#CC#CC#Cc1ccc(O)c(C(=O)O)c1. The molecule has 0 heterocycles. The van der Waals surface area contributed by atoms with Crippen LogP contribution in [0.3, 0.4) is 0 Å². The number of carboxylic acids is 1. The summed E-state index contributed by atoms with van der Waals surface area (Å²) in [7, 11) is 0. The first kappa shape index (κ1) is 25.2. The maximum atomic E-state index is 10.9. The van der Waals surface area contributed by atoms with E-state index in [4.69, 9.17) is 11.5 Å². The van der Waals surface area contributed by atoms with Crippen LogP contribution >= 0.6 is 0 Å². The monoisotopic (exact) mass is 426 g/mol. The van der Waals surface area contributed by atoms with E-state index in [0.29, 0.717) is 5.56 Å². The molecule has 0 aliphatic rings. The third-order valence-corrected chi connectivity index (χ3v) is 2.76. The van der Waals surface area contributed by atoms with Gasteiger partial charge in [-0.3, -0.25) is 0 Å². The second kappa shape index (κ2) is 17.1. The number of benzene rings is 1. The Hall–Kier alpha value is -6.79. The van der Waals surface area contributed by atoms with E-state index in [1.807, 2.05) is 0 Å². The van der Waals surface area contributed by atoms with Crippen LogP contribution in [0, 0.1) is 143 Å². The van der Waals surface area contributed by atoms with Gasteiger partial charge in [0, 0.05) is 41.1 Å². The average molecular weight is 426 g/mol. The quantitative estimate of drug-likeness (QED) is 0.662. The van der Waals surface area contributed by atoms with E-state index in [9.17, 15) is 9.90 Å². The summed E-state index contributed by atoms with van der Waals surface area (Å²) in [6, 6.07) is 3.97. The Balaban J connectivity index is 2.54. The summed E-state index contributed by atoms with van der Waals surface area (Å²) in [5, 5.41) is 18.4. The second-order valence-electron chi connectivity index (χ2n) is 4.93. The summed E-state index contributed by atoms with van der Waals surface area (Å²) in [5.74, 6) is 54.8. The standard InChI is InChI=1S/C31H6O3/c1-2-3-4-5-6-7-8-9-10-11-12-13-14-15-16-17-18-19-20-21-22-23-24-28-25-26-30(32)29(27-28)31(33)34/h1,25-27,32H,(H,33,34). The van der Waals surface area contributed by atoms with Crippen molar-refractivity contribution < 1.29 is 15.0 Å². The number of phenols is 1. The zero-order valence-corrected chi connectivity index (χ0v) is 17.1. The van der Waals surface area contributed by atoms with E-state index in [1.54, 1.807) is 0 Å². The molecular formula is C31H6O3. The third-order valence-electron chi connectivity index (χ3n) is 2.76. The Kier molecular flexibility index (Phi) is 12.7. The lowest BCUT2D eigenvalue weighted by Gasteiger charge is -1.98. The van der Waals surface area contributed by atoms with Crippen molar-refractivity contribution in [3.63, 3.8) is 0 Å². The number of aromatic carboxylic acids is 1. The molecule has 3 heteroatoms. The van der Waals surface area contributed by atoms with Gasteiger partial charge in [0.15, 0.2) is 0 Å². The fourth-order valence-electron chi connectivity index (χ4n) is 1.52. The second-order valence-corrected chi connectivity index (χ2v) is 4.93. The number of aromatic hydroxyl groups is 1. The normalized spacial score (nSPS) is 5.74. The average Bonchev–Trinajstić information content (AvgIpc) is 2.83.